The average Bonchev–Trinajstić information content (AvgIpc) is 3.06. The molecule has 1 aliphatic rings. The molecule has 0 saturated heterocycles. The van der Waals surface area contributed by atoms with Crippen molar-refractivity contribution in [3.05, 3.63) is 29.8 Å². The van der Waals surface area contributed by atoms with E-state index in [2.05, 4.69) is 59.8 Å². The second-order valence-corrected chi connectivity index (χ2v) is 9.28. The van der Waals surface area contributed by atoms with Crippen molar-refractivity contribution in [2.75, 3.05) is 12.4 Å². The molecule has 1 N–H and O–H groups in total. The summed E-state index contributed by atoms with van der Waals surface area (Å²) in [5, 5.41) is 19.1. The van der Waals surface area contributed by atoms with Crippen molar-refractivity contribution >= 4 is 11.8 Å². The highest BCUT2D eigenvalue weighted by molar-refractivity contribution is 7.99. The van der Waals surface area contributed by atoms with Crippen molar-refractivity contribution in [2.24, 2.45) is 0 Å². The van der Waals surface area contributed by atoms with Gasteiger partial charge in [-0.15, -0.1) is 10.2 Å². The van der Waals surface area contributed by atoms with Crippen LogP contribution in [0.1, 0.15) is 70.9 Å². The maximum Gasteiger partial charge on any atom is 0.191 e. The summed E-state index contributed by atoms with van der Waals surface area (Å²) in [6, 6.07) is 9.30. The molecule has 1 saturated carbocycles. The SMILES string of the molecule is CC(C)(C)c1ccc(-c2nnc(SCCCO)n2C2CCCCC2)cc1. The highest BCUT2D eigenvalue weighted by Crippen LogP contribution is 2.36. The van der Waals surface area contributed by atoms with Gasteiger partial charge in [0.1, 0.15) is 0 Å². The summed E-state index contributed by atoms with van der Waals surface area (Å²) in [5.74, 6) is 1.87. The van der Waals surface area contributed by atoms with Crippen LogP contribution in [0.4, 0.5) is 0 Å². The third-order valence-electron chi connectivity index (χ3n) is 5.15. The summed E-state index contributed by atoms with van der Waals surface area (Å²) in [6.07, 6.45) is 7.11. The Morgan fingerprint density at radius 2 is 1.77 bits per heavy atom. The zero-order chi connectivity index (χ0) is 18.6. The second kappa shape index (κ2) is 8.57. The maximum atomic E-state index is 9.08. The van der Waals surface area contributed by atoms with E-state index >= 15 is 0 Å². The first-order valence-corrected chi connectivity index (χ1v) is 10.8. The van der Waals surface area contributed by atoms with E-state index in [9.17, 15) is 0 Å². The number of nitrogens with zero attached hydrogens (tertiary/aromatic N) is 3. The molecule has 142 valence electrons. The monoisotopic (exact) mass is 373 g/mol. The molecule has 0 aliphatic heterocycles. The van der Waals surface area contributed by atoms with Gasteiger partial charge in [-0.1, -0.05) is 76.1 Å². The third kappa shape index (κ3) is 4.49. The molecule has 0 unspecified atom stereocenters. The normalized spacial score (nSPS) is 16.2. The van der Waals surface area contributed by atoms with E-state index in [1.54, 1.807) is 11.8 Å². The summed E-state index contributed by atoms with van der Waals surface area (Å²) in [5.41, 5.74) is 2.63. The minimum atomic E-state index is 0.154. The summed E-state index contributed by atoms with van der Waals surface area (Å²) in [4.78, 5) is 0. The molecule has 3 rings (SSSR count). The van der Waals surface area contributed by atoms with E-state index in [4.69, 9.17) is 5.11 Å². The number of rotatable bonds is 6. The summed E-state index contributed by atoms with van der Waals surface area (Å²) in [7, 11) is 0. The van der Waals surface area contributed by atoms with Gasteiger partial charge < -0.3 is 5.11 Å². The van der Waals surface area contributed by atoms with Crippen LogP contribution in [-0.2, 0) is 5.41 Å². The Morgan fingerprint density at radius 1 is 1.08 bits per heavy atom. The van der Waals surface area contributed by atoms with E-state index in [1.165, 1.54) is 37.7 Å². The molecule has 1 heterocycles. The lowest BCUT2D eigenvalue weighted by Gasteiger charge is -2.26. The zero-order valence-corrected chi connectivity index (χ0v) is 17.1. The molecule has 0 atom stereocenters. The minimum absolute atomic E-state index is 0.154. The molecular weight excluding hydrogens is 342 g/mol. The molecule has 1 fully saturated rings. The fourth-order valence-electron chi connectivity index (χ4n) is 3.59. The Morgan fingerprint density at radius 3 is 2.38 bits per heavy atom. The first-order chi connectivity index (χ1) is 12.5. The predicted molar refractivity (Wildman–Crippen MR) is 109 cm³/mol. The van der Waals surface area contributed by atoms with Crippen molar-refractivity contribution in [2.45, 2.75) is 75.9 Å². The van der Waals surface area contributed by atoms with Gasteiger partial charge in [-0.25, -0.2) is 0 Å². The molecule has 0 amide bonds. The van der Waals surface area contributed by atoms with Crippen LogP contribution < -0.4 is 0 Å². The fourth-order valence-corrected chi connectivity index (χ4v) is 4.52. The summed E-state index contributed by atoms with van der Waals surface area (Å²) >= 11 is 1.72. The van der Waals surface area contributed by atoms with Gasteiger partial charge in [0.2, 0.25) is 0 Å². The van der Waals surface area contributed by atoms with Crippen LogP contribution in [0.2, 0.25) is 0 Å². The molecule has 0 spiro atoms. The second-order valence-electron chi connectivity index (χ2n) is 8.22. The molecule has 26 heavy (non-hydrogen) atoms. The van der Waals surface area contributed by atoms with Crippen LogP contribution in [0.5, 0.6) is 0 Å². The van der Waals surface area contributed by atoms with Crippen LogP contribution in [0, 0.1) is 0 Å². The molecule has 1 aromatic heterocycles. The third-order valence-corrected chi connectivity index (χ3v) is 6.18. The van der Waals surface area contributed by atoms with E-state index in [0.717, 1.165) is 28.7 Å². The van der Waals surface area contributed by atoms with Gasteiger partial charge in [-0.05, 0) is 30.2 Å². The van der Waals surface area contributed by atoms with Gasteiger partial charge in [0.05, 0.1) is 0 Å². The Bertz CT molecular complexity index is 697. The zero-order valence-electron chi connectivity index (χ0n) is 16.2. The lowest BCUT2D eigenvalue weighted by molar-refractivity contribution is 0.296. The number of thioether (sulfide) groups is 1. The van der Waals surface area contributed by atoms with E-state index in [0.29, 0.717) is 6.04 Å². The molecule has 1 aliphatic carbocycles. The predicted octanol–water partition coefficient (Wildman–Crippen LogP) is 5.22. The first-order valence-electron chi connectivity index (χ1n) is 9.80. The summed E-state index contributed by atoms with van der Waals surface area (Å²) < 4.78 is 2.37. The number of aliphatic hydroxyl groups is 1. The average molecular weight is 374 g/mol. The Hall–Kier alpha value is -1.33. The van der Waals surface area contributed by atoms with Crippen LogP contribution in [0.15, 0.2) is 29.4 Å². The van der Waals surface area contributed by atoms with E-state index < -0.39 is 0 Å². The van der Waals surface area contributed by atoms with Gasteiger partial charge >= 0.3 is 0 Å². The quantitative estimate of drug-likeness (QED) is 0.557. The van der Waals surface area contributed by atoms with Crippen molar-refractivity contribution < 1.29 is 5.11 Å². The van der Waals surface area contributed by atoms with Crippen LogP contribution in [0.25, 0.3) is 11.4 Å². The lowest BCUT2D eigenvalue weighted by Crippen LogP contribution is -2.15. The Kier molecular flexibility index (Phi) is 6.41. The number of benzene rings is 1. The molecule has 0 bridgehead atoms. The van der Waals surface area contributed by atoms with Crippen LogP contribution in [0.3, 0.4) is 0 Å². The van der Waals surface area contributed by atoms with E-state index in [-0.39, 0.29) is 12.0 Å². The number of hydrogen-bond donors (Lipinski definition) is 1. The Balaban J connectivity index is 1.92. The molecule has 5 heteroatoms. The lowest BCUT2D eigenvalue weighted by atomic mass is 9.86. The fraction of sp³-hybridized carbons (Fsp3) is 0.619. The van der Waals surface area contributed by atoms with Crippen molar-refractivity contribution in [3.8, 4) is 11.4 Å². The smallest absolute Gasteiger partial charge is 0.191 e. The molecule has 4 nitrogen and oxygen atoms in total. The highest BCUT2D eigenvalue weighted by atomic mass is 32.2. The largest absolute Gasteiger partial charge is 0.396 e. The van der Waals surface area contributed by atoms with Crippen molar-refractivity contribution in [1.82, 2.24) is 14.8 Å². The topological polar surface area (TPSA) is 50.9 Å². The standard InChI is InChI=1S/C21H31N3OS/c1-21(2,3)17-12-10-16(11-13-17)19-22-23-20(26-15-7-14-25)24(19)18-8-5-4-6-9-18/h10-13,18,25H,4-9,14-15H2,1-3H3. The van der Waals surface area contributed by atoms with E-state index in [1.807, 2.05) is 0 Å². The van der Waals surface area contributed by atoms with Gasteiger partial charge in [0.15, 0.2) is 11.0 Å². The molecule has 2 aromatic rings. The Labute approximate surface area is 161 Å². The van der Waals surface area contributed by atoms with Gasteiger partial charge in [-0.3, -0.25) is 4.57 Å². The maximum absolute atomic E-state index is 9.08. The number of aliphatic hydroxyl groups excluding tert-OH is 1. The first kappa shape index (κ1) is 19.4. The number of hydrogen-bond acceptors (Lipinski definition) is 4. The molecule has 1 aromatic carbocycles. The molecule has 0 radical (unpaired) electrons. The van der Waals surface area contributed by atoms with Crippen molar-refractivity contribution in [1.29, 1.82) is 0 Å². The minimum Gasteiger partial charge on any atom is -0.396 e. The van der Waals surface area contributed by atoms with Gasteiger partial charge in [0, 0.05) is 24.0 Å². The van der Waals surface area contributed by atoms with Gasteiger partial charge in [-0.2, -0.15) is 0 Å². The summed E-state index contributed by atoms with van der Waals surface area (Å²) in [6.45, 7) is 6.94. The highest BCUT2D eigenvalue weighted by Gasteiger charge is 2.24. The van der Waals surface area contributed by atoms with Crippen LogP contribution >= 0.6 is 11.8 Å². The van der Waals surface area contributed by atoms with Crippen molar-refractivity contribution in [3.63, 3.8) is 0 Å². The van der Waals surface area contributed by atoms with Crippen LogP contribution in [-0.4, -0.2) is 32.2 Å². The van der Waals surface area contributed by atoms with Gasteiger partial charge in [0.25, 0.3) is 0 Å². The molecular formula is C21H31N3OS. The number of aromatic nitrogens is 3.